The van der Waals surface area contributed by atoms with Crippen LogP contribution in [0.2, 0.25) is 0 Å². The second kappa shape index (κ2) is 6.29. The first-order chi connectivity index (χ1) is 12.1. The predicted octanol–water partition coefficient (Wildman–Crippen LogP) is 2.36. The monoisotopic (exact) mass is 400 g/mol. The topological polar surface area (TPSA) is 81.2 Å². The molecule has 0 aromatic carbocycles. The first kappa shape index (κ1) is 15.8. The van der Waals surface area contributed by atoms with Crippen molar-refractivity contribution in [2.24, 2.45) is 0 Å². The van der Waals surface area contributed by atoms with Gasteiger partial charge in [0.05, 0.1) is 11.7 Å². The van der Waals surface area contributed by atoms with Crippen LogP contribution in [-0.2, 0) is 0 Å². The lowest BCUT2D eigenvalue weighted by atomic mass is 10.1. The normalized spacial score (nSPS) is 14.4. The Morgan fingerprint density at radius 1 is 1.12 bits per heavy atom. The Hall–Kier alpha value is -2.74. The summed E-state index contributed by atoms with van der Waals surface area (Å²) < 4.78 is 7.23. The van der Waals surface area contributed by atoms with E-state index in [0.717, 1.165) is 5.56 Å². The highest BCUT2D eigenvalue weighted by Crippen LogP contribution is 2.24. The van der Waals surface area contributed by atoms with Crippen molar-refractivity contribution in [2.75, 3.05) is 13.1 Å². The fourth-order valence-electron chi connectivity index (χ4n) is 2.72. The summed E-state index contributed by atoms with van der Waals surface area (Å²) in [7, 11) is 0. The summed E-state index contributed by atoms with van der Waals surface area (Å²) in [5.41, 5.74) is 1.40. The molecule has 0 atom stereocenters. The van der Waals surface area contributed by atoms with Gasteiger partial charge in [0.15, 0.2) is 10.4 Å². The van der Waals surface area contributed by atoms with Crippen molar-refractivity contribution in [3.05, 3.63) is 69.6 Å². The van der Waals surface area contributed by atoms with Crippen LogP contribution >= 0.6 is 15.9 Å². The average Bonchev–Trinajstić information content (AvgIpc) is 3.02. The van der Waals surface area contributed by atoms with E-state index >= 15 is 0 Å². The minimum absolute atomic E-state index is 0.142. The molecular weight excluding hydrogens is 388 g/mol. The molecule has 3 aromatic heterocycles. The first-order valence-electron chi connectivity index (χ1n) is 7.67. The Morgan fingerprint density at radius 2 is 1.88 bits per heavy atom. The zero-order valence-corrected chi connectivity index (χ0v) is 14.6. The molecule has 1 saturated heterocycles. The Morgan fingerprint density at radius 3 is 2.56 bits per heavy atom. The summed E-state index contributed by atoms with van der Waals surface area (Å²) in [4.78, 5) is 30.0. The van der Waals surface area contributed by atoms with Gasteiger partial charge in [0.25, 0.3) is 11.5 Å². The fraction of sp³-hybridized carbons (Fsp3) is 0.176. The molecule has 25 heavy (non-hydrogen) atoms. The summed E-state index contributed by atoms with van der Waals surface area (Å²) in [5.74, 6) is 0.0801. The number of nitrogens with zero attached hydrogens (tertiary/aromatic N) is 4. The van der Waals surface area contributed by atoms with Crippen LogP contribution < -0.4 is 5.56 Å². The van der Waals surface area contributed by atoms with Gasteiger partial charge >= 0.3 is 0 Å². The lowest BCUT2D eigenvalue weighted by Crippen LogP contribution is -2.53. The summed E-state index contributed by atoms with van der Waals surface area (Å²) in [6.45, 7) is 0.841. The number of pyridine rings is 1. The molecule has 1 fully saturated rings. The van der Waals surface area contributed by atoms with Gasteiger partial charge in [-0.2, -0.15) is 5.10 Å². The number of hydrogen-bond acceptors (Lipinski definition) is 5. The van der Waals surface area contributed by atoms with Crippen LogP contribution in [0, 0.1) is 0 Å². The third-order valence-corrected chi connectivity index (χ3v) is 4.51. The Labute approximate surface area is 151 Å². The minimum atomic E-state index is -0.194. The maximum atomic E-state index is 12.3. The number of rotatable bonds is 3. The largest absolute Gasteiger partial charge is 0.444 e. The number of amides is 1. The Bertz CT molecular complexity index is 977. The van der Waals surface area contributed by atoms with Crippen LogP contribution in [0.4, 0.5) is 0 Å². The van der Waals surface area contributed by atoms with Gasteiger partial charge in [-0.1, -0.05) is 0 Å². The van der Waals surface area contributed by atoms with E-state index in [1.807, 2.05) is 12.1 Å². The van der Waals surface area contributed by atoms with E-state index in [-0.39, 0.29) is 23.3 Å². The highest BCUT2D eigenvalue weighted by molar-refractivity contribution is 9.10. The lowest BCUT2D eigenvalue weighted by molar-refractivity contribution is 0.0461. The minimum Gasteiger partial charge on any atom is -0.444 e. The van der Waals surface area contributed by atoms with Crippen LogP contribution in [0.25, 0.3) is 11.3 Å². The fourth-order valence-corrected chi connectivity index (χ4v) is 3.03. The molecular formula is C17H13BrN4O3. The van der Waals surface area contributed by atoms with Gasteiger partial charge < -0.3 is 9.32 Å². The number of carbonyl (C=O) groups excluding carboxylic acids is 1. The number of likely N-dealkylation sites (tertiary alicyclic amines) is 1. The number of hydrogen-bond donors (Lipinski definition) is 0. The van der Waals surface area contributed by atoms with Gasteiger partial charge in [-0.3, -0.25) is 14.6 Å². The number of furan rings is 1. The molecule has 1 aliphatic heterocycles. The van der Waals surface area contributed by atoms with Gasteiger partial charge in [0.2, 0.25) is 0 Å². The van der Waals surface area contributed by atoms with Crippen molar-refractivity contribution in [3.8, 4) is 11.3 Å². The van der Waals surface area contributed by atoms with E-state index < -0.39 is 0 Å². The maximum absolute atomic E-state index is 12.3. The van der Waals surface area contributed by atoms with Gasteiger partial charge in [-0.05, 0) is 46.3 Å². The standard InChI is InChI=1S/C17H13BrN4O3/c18-15-3-2-14(25-15)17(24)21-9-12(10-21)22-16(23)4-1-13(20-22)11-5-7-19-8-6-11/h1-8,12H,9-10H2. The van der Waals surface area contributed by atoms with Crippen molar-refractivity contribution in [1.82, 2.24) is 19.7 Å². The summed E-state index contributed by atoms with van der Waals surface area (Å²) in [5, 5.41) is 4.44. The zero-order chi connectivity index (χ0) is 17.4. The van der Waals surface area contributed by atoms with E-state index in [1.54, 1.807) is 35.5 Å². The molecule has 4 heterocycles. The summed E-state index contributed by atoms with van der Waals surface area (Å²) in [6, 6.07) is 10.0. The molecule has 0 spiro atoms. The van der Waals surface area contributed by atoms with E-state index in [2.05, 4.69) is 26.0 Å². The van der Waals surface area contributed by atoms with Crippen LogP contribution in [0.15, 0.2) is 62.7 Å². The zero-order valence-electron chi connectivity index (χ0n) is 13.0. The number of aromatic nitrogens is 3. The van der Waals surface area contributed by atoms with Crippen molar-refractivity contribution >= 4 is 21.8 Å². The van der Waals surface area contributed by atoms with Crippen LogP contribution in [0.1, 0.15) is 16.6 Å². The molecule has 4 rings (SSSR count). The molecule has 3 aromatic rings. The Kier molecular flexibility index (Phi) is 3.96. The summed E-state index contributed by atoms with van der Waals surface area (Å²) in [6.07, 6.45) is 3.36. The molecule has 0 unspecified atom stereocenters. The van der Waals surface area contributed by atoms with Gasteiger partial charge in [0.1, 0.15) is 0 Å². The smallest absolute Gasteiger partial charge is 0.289 e. The molecule has 0 radical (unpaired) electrons. The van der Waals surface area contributed by atoms with E-state index in [1.165, 1.54) is 10.7 Å². The van der Waals surface area contributed by atoms with Crippen molar-refractivity contribution in [2.45, 2.75) is 6.04 Å². The average molecular weight is 401 g/mol. The van der Waals surface area contributed by atoms with E-state index in [4.69, 9.17) is 4.42 Å². The molecule has 126 valence electrons. The van der Waals surface area contributed by atoms with Crippen molar-refractivity contribution in [3.63, 3.8) is 0 Å². The number of carbonyl (C=O) groups is 1. The SMILES string of the molecule is O=C(c1ccc(Br)o1)N1CC(n2nc(-c3ccncc3)ccc2=O)C1. The van der Waals surface area contributed by atoms with E-state index in [0.29, 0.717) is 23.5 Å². The second-order valence-corrected chi connectivity index (χ2v) is 6.49. The molecule has 8 heteroatoms. The quantitative estimate of drug-likeness (QED) is 0.673. The maximum Gasteiger partial charge on any atom is 0.289 e. The van der Waals surface area contributed by atoms with Crippen LogP contribution in [-0.4, -0.2) is 38.7 Å². The number of halogens is 1. The van der Waals surface area contributed by atoms with Crippen LogP contribution in [0.3, 0.4) is 0 Å². The van der Waals surface area contributed by atoms with Crippen molar-refractivity contribution in [1.29, 1.82) is 0 Å². The summed E-state index contributed by atoms with van der Waals surface area (Å²) >= 11 is 3.18. The lowest BCUT2D eigenvalue weighted by Gasteiger charge is -2.38. The molecule has 0 aliphatic carbocycles. The molecule has 1 aliphatic rings. The molecule has 0 saturated carbocycles. The van der Waals surface area contributed by atoms with Gasteiger partial charge in [-0.15, -0.1) is 0 Å². The molecule has 7 nitrogen and oxygen atoms in total. The highest BCUT2D eigenvalue weighted by atomic mass is 79.9. The van der Waals surface area contributed by atoms with Gasteiger partial charge in [-0.25, -0.2) is 4.68 Å². The molecule has 0 bridgehead atoms. The first-order valence-corrected chi connectivity index (χ1v) is 8.46. The Balaban J connectivity index is 1.52. The highest BCUT2D eigenvalue weighted by Gasteiger charge is 2.35. The third-order valence-electron chi connectivity index (χ3n) is 4.08. The van der Waals surface area contributed by atoms with E-state index in [9.17, 15) is 9.59 Å². The third kappa shape index (κ3) is 3.00. The second-order valence-electron chi connectivity index (χ2n) is 5.70. The van der Waals surface area contributed by atoms with Gasteiger partial charge in [0, 0.05) is 37.1 Å². The molecule has 1 amide bonds. The predicted molar refractivity (Wildman–Crippen MR) is 93.1 cm³/mol. The molecule has 0 N–H and O–H groups in total. The van der Waals surface area contributed by atoms with Crippen LogP contribution in [0.5, 0.6) is 0 Å². The van der Waals surface area contributed by atoms with Crippen molar-refractivity contribution < 1.29 is 9.21 Å².